The standard InChI is InChI=1S/C28H25N3O3S/c1-29-28-31(24(17-35-28)20-14-25(32-2)27(34-4)26(15-20)33-3)30-16-23-21-11-7-5-9-18(21)13-19-10-6-8-12-22(19)23/h5-17H,1-4H3. The van der Waals surface area contributed by atoms with Crippen LogP contribution in [-0.4, -0.2) is 39.3 Å². The van der Waals surface area contributed by atoms with Gasteiger partial charge in [-0.2, -0.15) is 5.10 Å². The Hall–Kier alpha value is -4.10. The molecule has 0 fully saturated rings. The zero-order valence-corrected chi connectivity index (χ0v) is 20.8. The number of hydrogen-bond donors (Lipinski definition) is 0. The van der Waals surface area contributed by atoms with Crippen LogP contribution in [0.25, 0.3) is 32.8 Å². The van der Waals surface area contributed by atoms with Crippen molar-refractivity contribution < 1.29 is 14.2 Å². The molecule has 5 rings (SSSR count). The Morgan fingerprint density at radius 3 is 1.94 bits per heavy atom. The van der Waals surface area contributed by atoms with E-state index in [0.717, 1.165) is 32.4 Å². The number of ether oxygens (including phenoxy) is 3. The molecule has 0 atom stereocenters. The van der Waals surface area contributed by atoms with E-state index >= 15 is 0 Å². The zero-order chi connectivity index (χ0) is 24.4. The molecular formula is C28H25N3O3S. The van der Waals surface area contributed by atoms with E-state index in [-0.39, 0.29) is 0 Å². The van der Waals surface area contributed by atoms with E-state index < -0.39 is 0 Å². The maximum absolute atomic E-state index is 5.57. The Bertz CT molecular complexity index is 1550. The van der Waals surface area contributed by atoms with Gasteiger partial charge in [0.2, 0.25) is 10.6 Å². The van der Waals surface area contributed by atoms with Gasteiger partial charge in [0.25, 0.3) is 0 Å². The van der Waals surface area contributed by atoms with E-state index in [4.69, 9.17) is 19.3 Å². The molecule has 0 bridgehead atoms. The molecule has 0 saturated carbocycles. The summed E-state index contributed by atoms with van der Waals surface area (Å²) in [5.74, 6) is 1.71. The van der Waals surface area contributed by atoms with Crippen LogP contribution < -0.4 is 19.0 Å². The minimum Gasteiger partial charge on any atom is -0.493 e. The molecule has 0 spiro atoms. The van der Waals surface area contributed by atoms with Crippen LogP contribution >= 0.6 is 11.3 Å². The van der Waals surface area contributed by atoms with Crippen LogP contribution in [0.1, 0.15) is 5.56 Å². The number of rotatable bonds is 6. The van der Waals surface area contributed by atoms with Gasteiger partial charge in [-0.1, -0.05) is 48.5 Å². The molecule has 0 radical (unpaired) electrons. The topological polar surface area (TPSA) is 57.3 Å². The van der Waals surface area contributed by atoms with E-state index in [1.54, 1.807) is 28.4 Å². The maximum atomic E-state index is 5.57. The Labute approximate surface area is 207 Å². The minimum absolute atomic E-state index is 0.548. The molecule has 0 amide bonds. The Morgan fingerprint density at radius 2 is 1.40 bits per heavy atom. The predicted octanol–water partition coefficient (Wildman–Crippen LogP) is 5.96. The third-order valence-corrected chi connectivity index (χ3v) is 6.86. The van der Waals surface area contributed by atoms with Gasteiger partial charge in [0.1, 0.15) is 0 Å². The molecule has 1 aromatic heterocycles. The van der Waals surface area contributed by atoms with Crippen LogP contribution in [0.15, 0.2) is 82.2 Å². The highest BCUT2D eigenvalue weighted by atomic mass is 32.1. The van der Waals surface area contributed by atoms with Gasteiger partial charge in [-0.15, -0.1) is 11.3 Å². The Morgan fingerprint density at radius 1 is 0.800 bits per heavy atom. The lowest BCUT2D eigenvalue weighted by Gasteiger charge is -2.14. The van der Waals surface area contributed by atoms with Crippen molar-refractivity contribution in [1.29, 1.82) is 0 Å². The number of benzene rings is 4. The highest BCUT2D eigenvalue weighted by Gasteiger charge is 2.17. The first kappa shape index (κ1) is 22.7. The number of methoxy groups -OCH3 is 3. The first-order chi connectivity index (χ1) is 17.2. The van der Waals surface area contributed by atoms with Crippen molar-refractivity contribution in [3.8, 4) is 28.5 Å². The monoisotopic (exact) mass is 483 g/mol. The molecule has 35 heavy (non-hydrogen) atoms. The quantitative estimate of drug-likeness (QED) is 0.221. The van der Waals surface area contributed by atoms with Gasteiger partial charge in [0.15, 0.2) is 11.5 Å². The number of aromatic nitrogens is 1. The van der Waals surface area contributed by atoms with E-state index in [1.807, 2.05) is 28.4 Å². The van der Waals surface area contributed by atoms with Crippen molar-refractivity contribution in [3.63, 3.8) is 0 Å². The average molecular weight is 484 g/mol. The summed E-state index contributed by atoms with van der Waals surface area (Å²) >= 11 is 1.52. The van der Waals surface area contributed by atoms with Crippen molar-refractivity contribution in [1.82, 2.24) is 4.68 Å². The summed E-state index contributed by atoms with van der Waals surface area (Å²) in [4.78, 5) is 5.23. The summed E-state index contributed by atoms with van der Waals surface area (Å²) in [6.07, 6.45) is 1.92. The number of fused-ring (bicyclic) bond motifs is 2. The SMILES string of the molecule is CN=c1scc(-c2cc(OC)c(OC)c(OC)c2)n1N=Cc1c2ccccc2cc2ccccc12. The van der Waals surface area contributed by atoms with Gasteiger partial charge in [0.05, 0.1) is 33.2 Å². The zero-order valence-electron chi connectivity index (χ0n) is 20.0. The van der Waals surface area contributed by atoms with E-state index in [9.17, 15) is 0 Å². The van der Waals surface area contributed by atoms with Crippen molar-refractivity contribution in [3.05, 3.63) is 82.5 Å². The molecule has 6 nitrogen and oxygen atoms in total. The second-order valence-corrected chi connectivity index (χ2v) is 8.67. The normalized spacial score (nSPS) is 12.1. The summed E-state index contributed by atoms with van der Waals surface area (Å²) in [7, 11) is 6.58. The predicted molar refractivity (Wildman–Crippen MR) is 143 cm³/mol. The number of nitrogens with zero attached hydrogens (tertiary/aromatic N) is 3. The van der Waals surface area contributed by atoms with Gasteiger partial charge < -0.3 is 14.2 Å². The number of thiazole rings is 1. The summed E-state index contributed by atoms with van der Waals surface area (Å²) in [6, 6.07) is 22.8. The minimum atomic E-state index is 0.548. The van der Waals surface area contributed by atoms with Gasteiger partial charge in [-0.3, -0.25) is 4.99 Å². The smallest absolute Gasteiger partial charge is 0.205 e. The first-order valence-corrected chi connectivity index (χ1v) is 11.9. The van der Waals surface area contributed by atoms with Crippen LogP contribution in [0.4, 0.5) is 0 Å². The van der Waals surface area contributed by atoms with Gasteiger partial charge in [-0.05, 0) is 39.7 Å². The van der Waals surface area contributed by atoms with Gasteiger partial charge in [-0.25, -0.2) is 4.68 Å². The number of hydrogen-bond acceptors (Lipinski definition) is 6. The molecule has 0 N–H and O–H groups in total. The summed E-state index contributed by atoms with van der Waals surface area (Å²) in [5.41, 5.74) is 2.82. The molecule has 5 aromatic rings. The van der Waals surface area contributed by atoms with Gasteiger partial charge >= 0.3 is 0 Å². The molecule has 4 aromatic carbocycles. The van der Waals surface area contributed by atoms with Crippen molar-refractivity contribution >= 4 is 39.1 Å². The lowest BCUT2D eigenvalue weighted by molar-refractivity contribution is 0.324. The van der Waals surface area contributed by atoms with E-state index in [0.29, 0.717) is 17.2 Å². The van der Waals surface area contributed by atoms with Crippen molar-refractivity contribution in [2.75, 3.05) is 28.4 Å². The Balaban J connectivity index is 1.71. The highest BCUT2D eigenvalue weighted by molar-refractivity contribution is 7.07. The fraction of sp³-hybridized carbons (Fsp3) is 0.143. The molecule has 7 heteroatoms. The lowest BCUT2D eigenvalue weighted by atomic mass is 9.97. The van der Waals surface area contributed by atoms with Crippen LogP contribution in [0.2, 0.25) is 0 Å². The largest absolute Gasteiger partial charge is 0.493 e. The molecule has 176 valence electrons. The summed E-state index contributed by atoms with van der Waals surface area (Å²) in [6.45, 7) is 0. The highest BCUT2D eigenvalue weighted by Crippen LogP contribution is 2.41. The molecule has 1 heterocycles. The van der Waals surface area contributed by atoms with Crippen LogP contribution in [0, 0.1) is 0 Å². The molecule has 0 aliphatic heterocycles. The fourth-order valence-electron chi connectivity index (χ4n) is 4.29. The van der Waals surface area contributed by atoms with E-state index in [2.05, 4.69) is 59.6 Å². The fourth-order valence-corrected chi connectivity index (χ4v) is 5.10. The summed E-state index contributed by atoms with van der Waals surface area (Å²) < 4.78 is 18.5. The molecule has 0 unspecified atom stereocenters. The van der Waals surface area contributed by atoms with Crippen molar-refractivity contribution in [2.24, 2.45) is 10.1 Å². The maximum Gasteiger partial charge on any atom is 0.205 e. The third-order valence-electron chi connectivity index (χ3n) is 5.95. The molecule has 0 aliphatic carbocycles. The van der Waals surface area contributed by atoms with Crippen LogP contribution in [-0.2, 0) is 0 Å². The van der Waals surface area contributed by atoms with Gasteiger partial charge in [0, 0.05) is 23.6 Å². The Kier molecular flexibility index (Phi) is 6.25. The molecule has 0 saturated heterocycles. The van der Waals surface area contributed by atoms with Crippen LogP contribution in [0.5, 0.6) is 17.2 Å². The van der Waals surface area contributed by atoms with E-state index in [1.165, 1.54) is 22.1 Å². The summed E-state index contributed by atoms with van der Waals surface area (Å²) in [5, 5.41) is 11.6. The second kappa shape index (κ2) is 9.64. The van der Waals surface area contributed by atoms with Crippen molar-refractivity contribution in [2.45, 2.75) is 0 Å². The first-order valence-electron chi connectivity index (χ1n) is 11.1. The third kappa shape index (κ3) is 4.04. The van der Waals surface area contributed by atoms with Crippen LogP contribution in [0.3, 0.4) is 0 Å². The average Bonchev–Trinajstić information content (AvgIpc) is 3.32. The second-order valence-electron chi connectivity index (χ2n) is 7.83. The molecule has 0 aliphatic rings. The molecular weight excluding hydrogens is 458 g/mol. The lowest BCUT2D eigenvalue weighted by Crippen LogP contribution is -2.11.